The third-order valence-corrected chi connectivity index (χ3v) is 3.69. The fourth-order valence-electron chi connectivity index (χ4n) is 2.50. The van der Waals surface area contributed by atoms with Crippen LogP contribution in [0.25, 0.3) is 17.3 Å². The SMILES string of the molecule is C=Cc1cc(CC)n(-c2ccccc2)c(=O)c1C(=C)CC. The highest BCUT2D eigenvalue weighted by Gasteiger charge is 2.15. The summed E-state index contributed by atoms with van der Waals surface area (Å²) in [7, 11) is 0. The van der Waals surface area contributed by atoms with Gasteiger partial charge in [-0.2, -0.15) is 0 Å². The lowest BCUT2D eigenvalue weighted by Crippen LogP contribution is -2.26. The van der Waals surface area contributed by atoms with E-state index in [9.17, 15) is 4.79 Å². The Labute approximate surface area is 126 Å². The number of allylic oxidation sites excluding steroid dienone is 1. The van der Waals surface area contributed by atoms with Crippen molar-refractivity contribution < 1.29 is 0 Å². The van der Waals surface area contributed by atoms with Gasteiger partial charge in [0.15, 0.2) is 0 Å². The van der Waals surface area contributed by atoms with Gasteiger partial charge in [-0.05, 0) is 42.2 Å². The maximum atomic E-state index is 13.0. The van der Waals surface area contributed by atoms with Crippen molar-refractivity contribution in [2.24, 2.45) is 0 Å². The first-order valence-corrected chi connectivity index (χ1v) is 7.28. The molecule has 0 amide bonds. The zero-order valence-corrected chi connectivity index (χ0v) is 12.7. The van der Waals surface area contributed by atoms with E-state index in [4.69, 9.17) is 0 Å². The minimum atomic E-state index is -0.0118. The topological polar surface area (TPSA) is 22.0 Å². The molecular weight excluding hydrogens is 258 g/mol. The van der Waals surface area contributed by atoms with E-state index in [-0.39, 0.29) is 5.56 Å². The van der Waals surface area contributed by atoms with E-state index in [1.54, 1.807) is 10.6 Å². The van der Waals surface area contributed by atoms with Crippen LogP contribution in [0.1, 0.15) is 37.1 Å². The smallest absolute Gasteiger partial charge is 0.263 e. The predicted molar refractivity (Wildman–Crippen MR) is 90.8 cm³/mol. The lowest BCUT2D eigenvalue weighted by molar-refractivity contribution is 0.869. The van der Waals surface area contributed by atoms with Crippen molar-refractivity contribution in [1.29, 1.82) is 0 Å². The highest BCUT2D eigenvalue weighted by atomic mass is 16.1. The molecule has 0 aliphatic carbocycles. The van der Waals surface area contributed by atoms with Crippen molar-refractivity contribution in [1.82, 2.24) is 4.57 Å². The molecule has 2 rings (SSSR count). The van der Waals surface area contributed by atoms with Gasteiger partial charge in [0, 0.05) is 11.4 Å². The van der Waals surface area contributed by atoms with Gasteiger partial charge in [0.2, 0.25) is 0 Å². The summed E-state index contributed by atoms with van der Waals surface area (Å²) in [6.45, 7) is 11.9. The minimum Gasteiger partial charge on any atom is -0.281 e. The summed E-state index contributed by atoms with van der Waals surface area (Å²) < 4.78 is 1.78. The van der Waals surface area contributed by atoms with Crippen molar-refractivity contribution in [3.63, 3.8) is 0 Å². The molecule has 0 unspecified atom stereocenters. The van der Waals surface area contributed by atoms with Crippen molar-refractivity contribution in [3.05, 3.63) is 76.7 Å². The number of para-hydroxylation sites is 1. The van der Waals surface area contributed by atoms with Crippen molar-refractivity contribution in [2.45, 2.75) is 26.7 Å². The third kappa shape index (κ3) is 2.75. The first-order chi connectivity index (χ1) is 10.1. The average molecular weight is 279 g/mol. The molecule has 0 radical (unpaired) electrons. The van der Waals surface area contributed by atoms with Crippen LogP contribution >= 0.6 is 0 Å². The molecule has 0 aliphatic rings. The first-order valence-electron chi connectivity index (χ1n) is 7.28. The van der Waals surface area contributed by atoms with E-state index < -0.39 is 0 Å². The van der Waals surface area contributed by atoms with Crippen LogP contribution in [-0.4, -0.2) is 4.57 Å². The van der Waals surface area contributed by atoms with E-state index >= 15 is 0 Å². The van der Waals surface area contributed by atoms with E-state index in [2.05, 4.69) is 20.1 Å². The number of hydrogen-bond donors (Lipinski definition) is 0. The Morgan fingerprint density at radius 1 is 1.24 bits per heavy atom. The minimum absolute atomic E-state index is 0.0118. The summed E-state index contributed by atoms with van der Waals surface area (Å²) in [6, 6.07) is 11.8. The Hall–Kier alpha value is -2.35. The number of hydrogen-bond acceptors (Lipinski definition) is 1. The fourth-order valence-corrected chi connectivity index (χ4v) is 2.50. The zero-order chi connectivity index (χ0) is 15.4. The van der Waals surface area contributed by atoms with Gasteiger partial charge in [0.05, 0.1) is 5.56 Å². The summed E-state index contributed by atoms with van der Waals surface area (Å²) in [5, 5.41) is 0. The Kier molecular flexibility index (Phi) is 4.59. The maximum absolute atomic E-state index is 13.0. The van der Waals surface area contributed by atoms with Crippen LogP contribution in [0, 0.1) is 0 Å². The molecule has 1 aromatic carbocycles. The van der Waals surface area contributed by atoms with Gasteiger partial charge in [-0.15, -0.1) is 0 Å². The Bertz CT molecular complexity index is 723. The molecule has 108 valence electrons. The molecule has 1 aromatic heterocycles. The van der Waals surface area contributed by atoms with Crippen LogP contribution in [0.5, 0.6) is 0 Å². The summed E-state index contributed by atoms with van der Waals surface area (Å²) in [4.78, 5) is 13.0. The molecule has 1 heterocycles. The lowest BCUT2D eigenvalue weighted by atomic mass is 9.99. The predicted octanol–water partition coefficient (Wildman–Crippen LogP) is 4.47. The molecule has 2 nitrogen and oxygen atoms in total. The Morgan fingerprint density at radius 3 is 2.43 bits per heavy atom. The van der Waals surface area contributed by atoms with Gasteiger partial charge in [0.1, 0.15) is 0 Å². The van der Waals surface area contributed by atoms with Crippen LogP contribution in [-0.2, 0) is 6.42 Å². The normalized spacial score (nSPS) is 10.4. The van der Waals surface area contributed by atoms with Gasteiger partial charge in [-0.1, -0.05) is 51.3 Å². The third-order valence-electron chi connectivity index (χ3n) is 3.69. The molecule has 0 atom stereocenters. The quantitative estimate of drug-likeness (QED) is 0.791. The number of benzene rings is 1. The lowest BCUT2D eigenvalue weighted by Gasteiger charge is -2.17. The molecule has 0 bridgehead atoms. The van der Waals surface area contributed by atoms with Gasteiger partial charge in [0.25, 0.3) is 5.56 Å². The van der Waals surface area contributed by atoms with E-state index in [0.717, 1.165) is 35.4 Å². The average Bonchev–Trinajstić information content (AvgIpc) is 2.53. The molecule has 0 fully saturated rings. The molecule has 2 heteroatoms. The Morgan fingerprint density at radius 2 is 1.90 bits per heavy atom. The summed E-state index contributed by atoms with van der Waals surface area (Å²) >= 11 is 0. The van der Waals surface area contributed by atoms with E-state index in [0.29, 0.717) is 5.56 Å². The zero-order valence-electron chi connectivity index (χ0n) is 12.7. The monoisotopic (exact) mass is 279 g/mol. The summed E-state index contributed by atoms with van der Waals surface area (Å²) in [5.74, 6) is 0. The standard InChI is InChI=1S/C19H21NO/c1-5-14(4)18-15(6-2)13-16(7-3)20(19(18)21)17-11-9-8-10-12-17/h6,8-13H,2,4-5,7H2,1,3H3. The number of pyridine rings is 1. The van der Waals surface area contributed by atoms with Crippen LogP contribution in [0.2, 0.25) is 0 Å². The van der Waals surface area contributed by atoms with E-state index in [1.807, 2.05) is 43.3 Å². The Balaban J connectivity index is 2.84. The van der Waals surface area contributed by atoms with Crippen molar-refractivity contribution >= 4 is 11.6 Å². The second-order valence-corrected chi connectivity index (χ2v) is 4.96. The molecule has 0 aliphatic heterocycles. The van der Waals surface area contributed by atoms with Gasteiger partial charge in [-0.25, -0.2) is 0 Å². The molecule has 21 heavy (non-hydrogen) atoms. The molecule has 0 spiro atoms. The maximum Gasteiger partial charge on any atom is 0.263 e. The number of aromatic nitrogens is 1. The van der Waals surface area contributed by atoms with Crippen LogP contribution in [0.4, 0.5) is 0 Å². The van der Waals surface area contributed by atoms with Gasteiger partial charge < -0.3 is 0 Å². The largest absolute Gasteiger partial charge is 0.281 e. The van der Waals surface area contributed by atoms with E-state index in [1.165, 1.54) is 0 Å². The van der Waals surface area contributed by atoms with Gasteiger partial charge in [-0.3, -0.25) is 9.36 Å². The van der Waals surface area contributed by atoms with Crippen LogP contribution < -0.4 is 5.56 Å². The molecule has 0 saturated carbocycles. The van der Waals surface area contributed by atoms with Crippen molar-refractivity contribution in [3.8, 4) is 5.69 Å². The molecule has 2 aromatic rings. The highest BCUT2D eigenvalue weighted by Crippen LogP contribution is 2.21. The number of rotatable bonds is 5. The highest BCUT2D eigenvalue weighted by molar-refractivity contribution is 5.72. The number of aryl methyl sites for hydroxylation is 1. The molecule has 0 saturated heterocycles. The summed E-state index contributed by atoms with van der Waals surface area (Å²) in [6.07, 6.45) is 3.27. The fraction of sp³-hybridized carbons (Fsp3) is 0.211. The molecule has 0 N–H and O–H groups in total. The first kappa shape index (κ1) is 15.0. The van der Waals surface area contributed by atoms with Crippen LogP contribution in [0.15, 0.2) is 54.4 Å². The second kappa shape index (κ2) is 6.40. The number of nitrogens with zero attached hydrogens (tertiary/aromatic N) is 1. The molecular formula is C19H21NO. The van der Waals surface area contributed by atoms with Crippen molar-refractivity contribution in [2.75, 3.05) is 0 Å². The van der Waals surface area contributed by atoms with Gasteiger partial charge >= 0.3 is 0 Å². The summed E-state index contributed by atoms with van der Waals surface area (Å²) in [5.41, 5.74) is 4.25. The van der Waals surface area contributed by atoms with Crippen LogP contribution in [0.3, 0.4) is 0 Å². The second-order valence-electron chi connectivity index (χ2n) is 4.96.